The predicted molar refractivity (Wildman–Crippen MR) is 95.7 cm³/mol. The zero-order valence-electron chi connectivity index (χ0n) is 13.8. The SMILES string of the molecule is O=C(NCc1ccnc(-n2cccn2)c1)Nc1ccc2c(c1)CCC2. The molecule has 0 radical (unpaired) electrons. The molecule has 0 spiro atoms. The minimum atomic E-state index is -0.213. The Balaban J connectivity index is 1.37. The summed E-state index contributed by atoms with van der Waals surface area (Å²) in [7, 11) is 0. The maximum Gasteiger partial charge on any atom is 0.319 e. The van der Waals surface area contributed by atoms with Crippen LogP contribution in [-0.4, -0.2) is 20.8 Å². The fourth-order valence-electron chi connectivity index (χ4n) is 3.11. The average molecular weight is 333 g/mol. The van der Waals surface area contributed by atoms with Crippen LogP contribution in [0.3, 0.4) is 0 Å². The van der Waals surface area contributed by atoms with Crippen molar-refractivity contribution in [2.45, 2.75) is 25.8 Å². The monoisotopic (exact) mass is 333 g/mol. The van der Waals surface area contributed by atoms with E-state index in [1.807, 2.05) is 30.5 Å². The summed E-state index contributed by atoms with van der Waals surface area (Å²) in [6.45, 7) is 0.424. The fourth-order valence-corrected chi connectivity index (χ4v) is 3.11. The molecule has 6 heteroatoms. The van der Waals surface area contributed by atoms with Crippen LogP contribution in [0.25, 0.3) is 5.82 Å². The number of rotatable bonds is 4. The van der Waals surface area contributed by atoms with Gasteiger partial charge in [0, 0.05) is 30.8 Å². The van der Waals surface area contributed by atoms with Gasteiger partial charge in [-0.3, -0.25) is 0 Å². The second-order valence-electron chi connectivity index (χ2n) is 6.12. The Kier molecular flexibility index (Phi) is 4.16. The summed E-state index contributed by atoms with van der Waals surface area (Å²) < 4.78 is 1.69. The molecule has 2 aromatic heterocycles. The Morgan fingerprint density at radius 3 is 2.92 bits per heavy atom. The molecule has 0 saturated carbocycles. The van der Waals surface area contributed by atoms with E-state index < -0.39 is 0 Å². The maximum absolute atomic E-state index is 12.1. The van der Waals surface area contributed by atoms with Crippen LogP contribution < -0.4 is 10.6 Å². The lowest BCUT2D eigenvalue weighted by Gasteiger charge is -2.10. The number of aromatic nitrogens is 3. The number of pyridine rings is 1. The van der Waals surface area contributed by atoms with Crippen LogP contribution in [0.1, 0.15) is 23.1 Å². The van der Waals surface area contributed by atoms with Crippen LogP contribution in [0.2, 0.25) is 0 Å². The number of nitrogens with one attached hydrogen (secondary N) is 2. The van der Waals surface area contributed by atoms with Crippen molar-refractivity contribution in [2.24, 2.45) is 0 Å². The molecule has 1 aliphatic rings. The molecule has 2 heterocycles. The van der Waals surface area contributed by atoms with Gasteiger partial charge in [-0.1, -0.05) is 6.07 Å². The zero-order valence-corrected chi connectivity index (χ0v) is 13.8. The van der Waals surface area contributed by atoms with Gasteiger partial charge in [0.2, 0.25) is 0 Å². The number of anilines is 1. The third-order valence-electron chi connectivity index (χ3n) is 4.36. The fraction of sp³-hybridized carbons (Fsp3) is 0.211. The second kappa shape index (κ2) is 6.76. The first kappa shape index (κ1) is 15.4. The van der Waals surface area contributed by atoms with Gasteiger partial charge in [0.25, 0.3) is 0 Å². The Morgan fingerprint density at radius 1 is 1.12 bits per heavy atom. The number of amides is 2. The van der Waals surface area contributed by atoms with Crippen LogP contribution >= 0.6 is 0 Å². The molecule has 126 valence electrons. The van der Waals surface area contributed by atoms with Gasteiger partial charge in [0.1, 0.15) is 0 Å². The first-order chi connectivity index (χ1) is 12.3. The van der Waals surface area contributed by atoms with Crippen LogP contribution in [0.5, 0.6) is 0 Å². The van der Waals surface area contributed by atoms with E-state index in [2.05, 4.69) is 32.8 Å². The van der Waals surface area contributed by atoms with Gasteiger partial charge in [-0.15, -0.1) is 0 Å². The lowest BCUT2D eigenvalue weighted by molar-refractivity contribution is 0.251. The van der Waals surface area contributed by atoms with E-state index >= 15 is 0 Å². The number of carbonyl (C=O) groups excluding carboxylic acids is 1. The van der Waals surface area contributed by atoms with Gasteiger partial charge in [-0.25, -0.2) is 14.5 Å². The molecule has 0 saturated heterocycles. The molecule has 0 fully saturated rings. The zero-order chi connectivity index (χ0) is 17.1. The van der Waals surface area contributed by atoms with E-state index in [-0.39, 0.29) is 6.03 Å². The quantitative estimate of drug-likeness (QED) is 0.771. The molecule has 1 aromatic carbocycles. The van der Waals surface area contributed by atoms with Crippen LogP contribution in [0.15, 0.2) is 55.0 Å². The summed E-state index contributed by atoms with van der Waals surface area (Å²) >= 11 is 0. The Bertz CT molecular complexity index is 889. The normalized spacial score (nSPS) is 12.6. The van der Waals surface area contributed by atoms with Crippen LogP contribution in [-0.2, 0) is 19.4 Å². The number of aryl methyl sites for hydroxylation is 2. The highest BCUT2D eigenvalue weighted by Gasteiger charge is 2.11. The molecular formula is C19H19N5O. The van der Waals surface area contributed by atoms with Gasteiger partial charge in [-0.05, 0) is 66.3 Å². The number of benzene rings is 1. The average Bonchev–Trinajstić information content (AvgIpc) is 3.31. The number of urea groups is 1. The van der Waals surface area contributed by atoms with E-state index in [0.717, 1.165) is 29.9 Å². The molecule has 3 aromatic rings. The smallest absolute Gasteiger partial charge is 0.319 e. The molecule has 1 aliphatic carbocycles. The Morgan fingerprint density at radius 2 is 2.04 bits per heavy atom. The van der Waals surface area contributed by atoms with Crippen molar-refractivity contribution in [3.8, 4) is 5.82 Å². The largest absolute Gasteiger partial charge is 0.334 e. The molecule has 2 amide bonds. The highest BCUT2D eigenvalue weighted by Crippen LogP contribution is 2.24. The molecule has 0 aliphatic heterocycles. The number of fused-ring (bicyclic) bond motifs is 1. The number of carbonyl (C=O) groups is 1. The minimum Gasteiger partial charge on any atom is -0.334 e. The van der Waals surface area contributed by atoms with Crippen molar-refractivity contribution in [3.63, 3.8) is 0 Å². The lowest BCUT2D eigenvalue weighted by atomic mass is 10.1. The highest BCUT2D eigenvalue weighted by molar-refractivity contribution is 5.89. The van der Waals surface area contributed by atoms with E-state index in [4.69, 9.17) is 0 Å². The van der Waals surface area contributed by atoms with Crippen molar-refractivity contribution >= 4 is 11.7 Å². The second-order valence-corrected chi connectivity index (χ2v) is 6.12. The number of hydrogen-bond donors (Lipinski definition) is 2. The molecule has 25 heavy (non-hydrogen) atoms. The molecule has 6 nitrogen and oxygen atoms in total. The predicted octanol–water partition coefficient (Wildman–Crippen LogP) is 3.08. The van der Waals surface area contributed by atoms with Gasteiger partial charge in [0.15, 0.2) is 5.82 Å². The minimum absolute atomic E-state index is 0.213. The molecule has 4 rings (SSSR count). The van der Waals surface area contributed by atoms with Crippen molar-refractivity contribution in [1.29, 1.82) is 0 Å². The van der Waals surface area contributed by atoms with Crippen molar-refractivity contribution in [3.05, 3.63) is 71.7 Å². The lowest BCUT2D eigenvalue weighted by Crippen LogP contribution is -2.28. The number of nitrogens with zero attached hydrogens (tertiary/aromatic N) is 3. The Hall–Kier alpha value is -3.15. The summed E-state index contributed by atoms with van der Waals surface area (Å²) in [5, 5.41) is 9.94. The molecule has 0 unspecified atom stereocenters. The number of hydrogen-bond acceptors (Lipinski definition) is 3. The summed E-state index contributed by atoms with van der Waals surface area (Å²) in [4.78, 5) is 16.4. The van der Waals surface area contributed by atoms with Crippen LogP contribution in [0.4, 0.5) is 10.5 Å². The third-order valence-corrected chi connectivity index (χ3v) is 4.36. The first-order valence-electron chi connectivity index (χ1n) is 8.39. The molecule has 0 bridgehead atoms. The van der Waals surface area contributed by atoms with Gasteiger partial charge in [0.05, 0.1) is 0 Å². The van der Waals surface area contributed by atoms with E-state index in [1.165, 1.54) is 17.5 Å². The summed E-state index contributed by atoms with van der Waals surface area (Å²) in [6, 6.07) is 11.6. The van der Waals surface area contributed by atoms with Gasteiger partial charge >= 0.3 is 6.03 Å². The van der Waals surface area contributed by atoms with E-state index in [1.54, 1.807) is 17.1 Å². The Labute approximate surface area is 145 Å². The maximum atomic E-state index is 12.1. The molecule has 0 atom stereocenters. The summed E-state index contributed by atoms with van der Waals surface area (Å²) in [5.74, 6) is 0.725. The topological polar surface area (TPSA) is 71.8 Å². The highest BCUT2D eigenvalue weighted by atomic mass is 16.2. The van der Waals surface area contributed by atoms with Gasteiger partial charge < -0.3 is 10.6 Å². The van der Waals surface area contributed by atoms with Gasteiger partial charge in [-0.2, -0.15) is 5.10 Å². The standard InChI is InChI=1S/C19H19N5O/c25-19(23-17-6-5-15-3-1-4-16(15)12-17)21-13-14-7-9-20-18(11-14)24-10-2-8-22-24/h2,5-12H,1,3-4,13H2,(H2,21,23,25). The summed E-state index contributed by atoms with van der Waals surface area (Å²) in [6.07, 6.45) is 8.69. The first-order valence-corrected chi connectivity index (χ1v) is 8.39. The molecular weight excluding hydrogens is 314 g/mol. The third kappa shape index (κ3) is 3.52. The van der Waals surface area contributed by atoms with E-state index in [9.17, 15) is 4.79 Å². The van der Waals surface area contributed by atoms with Crippen molar-refractivity contribution < 1.29 is 4.79 Å². The molecule has 2 N–H and O–H groups in total. The summed E-state index contributed by atoms with van der Waals surface area (Å²) in [5.41, 5.74) is 4.54. The van der Waals surface area contributed by atoms with Crippen molar-refractivity contribution in [1.82, 2.24) is 20.1 Å². The van der Waals surface area contributed by atoms with E-state index in [0.29, 0.717) is 6.54 Å². The van der Waals surface area contributed by atoms with Crippen LogP contribution in [0, 0.1) is 0 Å². The van der Waals surface area contributed by atoms with Crippen molar-refractivity contribution in [2.75, 3.05) is 5.32 Å².